The number of fused-ring (bicyclic) bond motifs is 1. The second kappa shape index (κ2) is 10.2. The Morgan fingerprint density at radius 3 is 2.87 bits per heavy atom. The summed E-state index contributed by atoms with van der Waals surface area (Å²) in [4.78, 5) is 12.8. The number of halogens is 1. The molecule has 0 bridgehead atoms. The Morgan fingerprint density at radius 2 is 2.03 bits per heavy atom. The van der Waals surface area contributed by atoms with Gasteiger partial charge in [0.15, 0.2) is 0 Å². The van der Waals surface area contributed by atoms with E-state index in [9.17, 15) is 4.79 Å². The third kappa shape index (κ3) is 5.20. The minimum absolute atomic E-state index is 0.234. The third-order valence-corrected chi connectivity index (χ3v) is 6.36. The van der Waals surface area contributed by atoms with Gasteiger partial charge < -0.3 is 14.8 Å². The maximum absolute atomic E-state index is 12.8. The Labute approximate surface area is 188 Å². The molecule has 2 unspecified atom stereocenters. The molecule has 2 aromatic rings. The van der Waals surface area contributed by atoms with Gasteiger partial charge in [0.2, 0.25) is 0 Å². The van der Waals surface area contributed by atoms with Gasteiger partial charge in [-0.05, 0) is 43.2 Å². The number of hydrogen-bond acceptors (Lipinski definition) is 5. The van der Waals surface area contributed by atoms with E-state index in [1.807, 2.05) is 12.1 Å². The summed E-state index contributed by atoms with van der Waals surface area (Å²) in [5.41, 5.74) is 5.14. The van der Waals surface area contributed by atoms with Crippen LogP contribution in [0.25, 0.3) is 0 Å². The molecular weight excluding hydrogens is 414 g/mol. The minimum atomic E-state index is -0.236. The number of para-hydroxylation sites is 1. The van der Waals surface area contributed by atoms with Crippen LogP contribution in [0.1, 0.15) is 48.0 Å². The Morgan fingerprint density at radius 1 is 1.19 bits per heavy atom. The molecule has 0 radical (unpaired) electrons. The van der Waals surface area contributed by atoms with Crippen molar-refractivity contribution in [2.45, 2.75) is 44.8 Å². The molecule has 2 N–H and O–H groups in total. The van der Waals surface area contributed by atoms with Crippen molar-refractivity contribution in [3.05, 3.63) is 58.6 Å². The number of methoxy groups -OCH3 is 1. The molecule has 1 saturated heterocycles. The van der Waals surface area contributed by atoms with Crippen molar-refractivity contribution < 1.29 is 14.3 Å². The van der Waals surface area contributed by atoms with E-state index < -0.39 is 0 Å². The fourth-order valence-corrected chi connectivity index (χ4v) is 4.61. The van der Waals surface area contributed by atoms with Gasteiger partial charge in [-0.25, -0.2) is 5.43 Å². The highest BCUT2D eigenvalue weighted by Gasteiger charge is 2.32. The Balaban J connectivity index is 1.45. The predicted molar refractivity (Wildman–Crippen MR) is 122 cm³/mol. The van der Waals surface area contributed by atoms with Crippen LogP contribution in [0.3, 0.4) is 0 Å². The normalized spacial score (nSPS) is 21.9. The molecule has 164 valence electrons. The molecular formula is C24H28ClN3O3. The predicted octanol–water partition coefficient (Wildman–Crippen LogP) is 4.57. The van der Waals surface area contributed by atoms with E-state index in [1.165, 1.54) is 19.3 Å². The average molecular weight is 442 g/mol. The monoisotopic (exact) mass is 441 g/mol. The number of amides is 1. The molecule has 7 heteroatoms. The van der Waals surface area contributed by atoms with Gasteiger partial charge in [0.25, 0.3) is 5.91 Å². The topological polar surface area (TPSA) is 72.0 Å². The van der Waals surface area contributed by atoms with E-state index in [4.69, 9.17) is 21.1 Å². The van der Waals surface area contributed by atoms with Gasteiger partial charge in [0.1, 0.15) is 18.1 Å². The highest BCUT2D eigenvalue weighted by atomic mass is 35.5. The quantitative estimate of drug-likeness (QED) is 0.644. The molecule has 1 aliphatic heterocycles. The summed E-state index contributed by atoms with van der Waals surface area (Å²) in [5.74, 6) is 1.43. The van der Waals surface area contributed by atoms with Crippen molar-refractivity contribution in [1.29, 1.82) is 0 Å². The lowest BCUT2D eigenvalue weighted by molar-refractivity contribution is 0.0954. The average Bonchev–Trinajstić information content (AvgIpc) is 2.81. The van der Waals surface area contributed by atoms with Crippen LogP contribution in [0.5, 0.6) is 11.5 Å². The molecule has 31 heavy (non-hydrogen) atoms. The number of carbonyl (C=O) groups is 1. The maximum atomic E-state index is 12.8. The second-order valence-corrected chi connectivity index (χ2v) is 8.40. The number of rotatable bonds is 6. The smallest absolute Gasteiger partial charge is 0.271 e. The number of hydrogen-bond donors (Lipinski definition) is 2. The van der Waals surface area contributed by atoms with Crippen LogP contribution in [-0.2, 0) is 6.61 Å². The number of carbonyl (C=O) groups excluding carboxylic acids is 1. The SMILES string of the molecule is COc1ccc(C(=O)NN=C2CCNC3CCCCC23)cc1COc1ccccc1Cl. The van der Waals surface area contributed by atoms with E-state index in [0.717, 1.165) is 30.7 Å². The number of nitrogens with zero attached hydrogens (tertiary/aromatic N) is 1. The van der Waals surface area contributed by atoms with Gasteiger partial charge in [-0.1, -0.05) is 36.6 Å². The van der Waals surface area contributed by atoms with Crippen LogP contribution in [0.4, 0.5) is 0 Å². The summed E-state index contributed by atoms with van der Waals surface area (Å²) >= 11 is 6.17. The molecule has 1 aliphatic carbocycles. The fourth-order valence-electron chi connectivity index (χ4n) is 4.42. The van der Waals surface area contributed by atoms with E-state index in [2.05, 4.69) is 15.8 Å². The minimum Gasteiger partial charge on any atom is -0.496 e. The van der Waals surface area contributed by atoms with E-state index in [0.29, 0.717) is 34.0 Å². The largest absolute Gasteiger partial charge is 0.496 e. The molecule has 2 aromatic carbocycles. The molecule has 1 heterocycles. The van der Waals surface area contributed by atoms with Crippen LogP contribution in [0.2, 0.25) is 5.02 Å². The Hall–Kier alpha value is -2.57. The standard InChI is InChI=1S/C24H28ClN3O3/c1-30-22-11-10-16(14-17(22)15-31-23-9-5-3-7-19(23)25)24(29)28-27-21-12-13-26-20-8-4-2-6-18(20)21/h3,5,7,9-11,14,18,20,26H,2,4,6,8,12-13,15H2,1H3,(H,28,29). The highest BCUT2D eigenvalue weighted by molar-refractivity contribution is 6.32. The third-order valence-electron chi connectivity index (χ3n) is 6.05. The lowest BCUT2D eigenvalue weighted by Gasteiger charge is -2.37. The summed E-state index contributed by atoms with van der Waals surface area (Å²) in [7, 11) is 1.59. The summed E-state index contributed by atoms with van der Waals surface area (Å²) in [5, 5.41) is 8.65. The van der Waals surface area contributed by atoms with Crippen molar-refractivity contribution in [1.82, 2.24) is 10.7 Å². The second-order valence-electron chi connectivity index (χ2n) is 7.99. The Kier molecular flexibility index (Phi) is 7.10. The molecule has 0 spiro atoms. The number of ether oxygens (including phenoxy) is 2. The summed E-state index contributed by atoms with van der Waals surface area (Å²) < 4.78 is 11.3. The number of benzene rings is 2. The fraction of sp³-hybridized carbons (Fsp3) is 0.417. The van der Waals surface area contributed by atoms with Crippen molar-refractivity contribution in [3.63, 3.8) is 0 Å². The first-order chi connectivity index (χ1) is 15.2. The van der Waals surface area contributed by atoms with Crippen molar-refractivity contribution in [3.8, 4) is 11.5 Å². The van der Waals surface area contributed by atoms with Gasteiger partial charge in [-0.2, -0.15) is 5.10 Å². The first kappa shape index (κ1) is 21.7. The summed E-state index contributed by atoms with van der Waals surface area (Å²) in [6.07, 6.45) is 5.69. The molecule has 0 aromatic heterocycles. The molecule has 2 atom stereocenters. The van der Waals surface area contributed by atoms with Crippen LogP contribution >= 0.6 is 11.6 Å². The zero-order chi connectivity index (χ0) is 21.6. The number of piperidine rings is 1. The van der Waals surface area contributed by atoms with E-state index in [1.54, 1.807) is 37.4 Å². The zero-order valence-electron chi connectivity index (χ0n) is 17.7. The van der Waals surface area contributed by atoms with Gasteiger partial charge in [-0.15, -0.1) is 0 Å². The van der Waals surface area contributed by atoms with Gasteiger partial charge >= 0.3 is 0 Å². The molecule has 2 aliphatic rings. The summed E-state index contributed by atoms with van der Waals surface area (Å²) in [6, 6.07) is 13.1. The molecule has 6 nitrogen and oxygen atoms in total. The van der Waals surface area contributed by atoms with Crippen LogP contribution in [0, 0.1) is 5.92 Å². The molecule has 1 amide bonds. The van der Waals surface area contributed by atoms with Crippen molar-refractivity contribution >= 4 is 23.2 Å². The van der Waals surface area contributed by atoms with Crippen molar-refractivity contribution in [2.24, 2.45) is 11.0 Å². The molecule has 2 fully saturated rings. The summed E-state index contributed by atoms with van der Waals surface area (Å²) in [6.45, 7) is 1.15. The first-order valence-electron chi connectivity index (χ1n) is 10.8. The van der Waals surface area contributed by atoms with Crippen LogP contribution in [-0.4, -0.2) is 31.3 Å². The van der Waals surface area contributed by atoms with Crippen LogP contribution < -0.4 is 20.2 Å². The van der Waals surface area contributed by atoms with Gasteiger partial charge in [0.05, 0.1) is 12.1 Å². The van der Waals surface area contributed by atoms with E-state index in [-0.39, 0.29) is 12.5 Å². The maximum Gasteiger partial charge on any atom is 0.271 e. The highest BCUT2D eigenvalue weighted by Crippen LogP contribution is 2.29. The first-order valence-corrected chi connectivity index (χ1v) is 11.2. The number of hydrazone groups is 1. The number of nitrogens with one attached hydrogen (secondary N) is 2. The van der Waals surface area contributed by atoms with Crippen LogP contribution in [0.15, 0.2) is 47.6 Å². The van der Waals surface area contributed by atoms with Crippen molar-refractivity contribution in [2.75, 3.05) is 13.7 Å². The lowest BCUT2D eigenvalue weighted by Crippen LogP contribution is -2.48. The lowest BCUT2D eigenvalue weighted by atomic mass is 9.78. The van der Waals surface area contributed by atoms with Gasteiger partial charge in [0, 0.05) is 41.8 Å². The van der Waals surface area contributed by atoms with Gasteiger partial charge in [-0.3, -0.25) is 4.79 Å². The molecule has 4 rings (SSSR count). The molecule has 1 saturated carbocycles. The zero-order valence-corrected chi connectivity index (χ0v) is 18.5. The van der Waals surface area contributed by atoms with E-state index >= 15 is 0 Å². The Bertz CT molecular complexity index is 961.